The van der Waals surface area contributed by atoms with E-state index in [-0.39, 0.29) is 17.0 Å². The number of nitro groups is 1. The van der Waals surface area contributed by atoms with Gasteiger partial charge in [0, 0.05) is 17.7 Å². The number of amides is 1. The molecule has 0 aliphatic heterocycles. The number of carbonyl (C=O) groups excluding carboxylic acids is 1. The number of rotatable bonds is 4. The number of carboxylic acid groups (broad SMARTS) is 1. The normalized spacial score (nSPS) is 10.8. The summed E-state index contributed by atoms with van der Waals surface area (Å²) >= 11 is 0. The number of hydrogen-bond donors (Lipinski definition) is 2. The largest absolute Gasteiger partial charge is 0.477 e. The van der Waals surface area contributed by atoms with Gasteiger partial charge in [-0.1, -0.05) is 0 Å². The quantitative estimate of drug-likeness (QED) is 0.465. The highest BCUT2D eigenvalue weighted by Crippen LogP contribution is 2.11. The lowest BCUT2D eigenvalue weighted by atomic mass is 10.2. The highest BCUT2D eigenvalue weighted by atomic mass is 16.6. The average molecular weight is 251 g/mol. The summed E-state index contributed by atoms with van der Waals surface area (Å²) in [5.41, 5.74) is 1.75. The summed E-state index contributed by atoms with van der Waals surface area (Å²) in [7, 11) is 0. The van der Waals surface area contributed by atoms with Gasteiger partial charge >= 0.3 is 5.97 Å². The predicted octanol–water partition coefficient (Wildman–Crippen LogP) is 0.785. The maximum Gasteiger partial charge on any atom is 0.351 e. The van der Waals surface area contributed by atoms with Crippen LogP contribution in [-0.4, -0.2) is 27.6 Å². The van der Waals surface area contributed by atoms with Crippen LogP contribution in [0.2, 0.25) is 0 Å². The Labute approximate surface area is 101 Å². The monoisotopic (exact) mass is 251 g/mol. The molecular formula is C10H9N3O5. The van der Waals surface area contributed by atoms with E-state index in [4.69, 9.17) is 5.11 Å². The maximum atomic E-state index is 11.5. The fourth-order valence-electron chi connectivity index (χ4n) is 0.982. The lowest BCUT2D eigenvalue weighted by Gasteiger charge is -2.00. The number of hydrazone groups is 1. The van der Waals surface area contributed by atoms with Crippen LogP contribution in [0.4, 0.5) is 5.69 Å². The van der Waals surface area contributed by atoms with Gasteiger partial charge in [-0.3, -0.25) is 14.9 Å². The molecule has 0 radical (unpaired) electrons. The highest BCUT2D eigenvalue weighted by molar-refractivity contribution is 6.34. The summed E-state index contributed by atoms with van der Waals surface area (Å²) in [4.78, 5) is 31.7. The molecule has 0 aliphatic carbocycles. The van der Waals surface area contributed by atoms with E-state index in [1.807, 2.05) is 5.43 Å². The standard InChI is InChI=1S/C10H9N3O5/c1-6(10(15)16)11-12-9(14)7-2-4-8(5-3-7)13(17)18/h2-5H,1H3,(H,12,14)(H,15,16). The minimum atomic E-state index is -1.25. The zero-order valence-electron chi connectivity index (χ0n) is 9.28. The van der Waals surface area contributed by atoms with Crippen LogP contribution in [0.3, 0.4) is 0 Å². The number of benzene rings is 1. The fraction of sp³-hybridized carbons (Fsp3) is 0.100. The Hall–Kier alpha value is -2.77. The number of carboxylic acids is 1. The van der Waals surface area contributed by atoms with Crippen molar-refractivity contribution in [2.75, 3.05) is 0 Å². The first-order chi connectivity index (χ1) is 8.41. The van der Waals surface area contributed by atoms with Crippen molar-refractivity contribution in [2.45, 2.75) is 6.92 Å². The van der Waals surface area contributed by atoms with Crippen LogP contribution in [0.5, 0.6) is 0 Å². The number of nitrogens with one attached hydrogen (secondary N) is 1. The van der Waals surface area contributed by atoms with Crippen molar-refractivity contribution in [1.82, 2.24) is 5.43 Å². The van der Waals surface area contributed by atoms with Gasteiger partial charge in [0.1, 0.15) is 5.71 Å². The van der Waals surface area contributed by atoms with E-state index in [1.165, 1.54) is 31.2 Å². The molecule has 0 heterocycles. The van der Waals surface area contributed by atoms with E-state index in [2.05, 4.69) is 5.10 Å². The number of non-ortho nitro benzene ring substituents is 1. The van der Waals surface area contributed by atoms with Crippen molar-refractivity contribution < 1.29 is 19.6 Å². The van der Waals surface area contributed by atoms with Gasteiger partial charge < -0.3 is 5.11 Å². The summed E-state index contributed by atoms with van der Waals surface area (Å²) in [6.45, 7) is 1.22. The molecule has 0 atom stereocenters. The van der Waals surface area contributed by atoms with Gasteiger partial charge in [0.15, 0.2) is 0 Å². The van der Waals surface area contributed by atoms with Crippen molar-refractivity contribution in [1.29, 1.82) is 0 Å². The minimum absolute atomic E-state index is 0.141. The van der Waals surface area contributed by atoms with Gasteiger partial charge in [-0.25, -0.2) is 10.2 Å². The number of carbonyl (C=O) groups is 2. The fourth-order valence-corrected chi connectivity index (χ4v) is 0.982. The van der Waals surface area contributed by atoms with Gasteiger partial charge in [0.05, 0.1) is 4.92 Å². The highest BCUT2D eigenvalue weighted by Gasteiger charge is 2.09. The summed E-state index contributed by atoms with van der Waals surface area (Å²) in [5.74, 6) is -1.90. The summed E-state index contributed by atoms with van der Waals surface area (Å²) in [6, 6.07) is 4.84. The molecule has 0 bridgehead atoms. The summed E-state index contributed by atoms with van der Waals surface area (Å²) in [5, 5.41) is 22.2. The van der Waals surface area contributed by atoms with Crippen molar-refractivity contribution in [3.8, 4) is 0 Å². The van der Waals surface area contributed by atoms with Gasteiger partial charge in [-0.15, -0.1) is 0 Å². The van der Waals surface area contributed by atoms with E-state index < -0.39 is 16.8 Å². The molecule has 0 spiro atoms. The molecule has 8 heteroatoms. The molecule has 0 aliphatic rings. The topological polar surface area (TPSA) is 122 Å². The van der Waals surface area contributed by atoms with Crippen molar-refractivity contribution >= 4 is 23.3 Å². The maximum absolute atomic E-state index is 11.5. The molecular weight excluding hydrogens is 242 g/mol. The smallest absolute Gasteiger partial charge is 0.351 e. The van der Waals surface area contributed by atoms with Crippen LogP contribution in [-0.2, 0) is 4.79 Å². The number of nitrogens with zero attached hydrogens (tertiary/aromatic N) is 2. The molecule has 1 aromatic rings. The van der Waals surface area contributed by atoms with Crippen LogP contribution in [0, 0.1) is 10.1 Å². The van der Waals surface area contributed by atoms with Crippen molar-refractivity contribution in [3.05, 3.63) is 39.9 Å². The van der Waals surface area contributed by atoms with Crippen LogP contribution in [0.1, 0.15) is 17.3 Å². The second kappa shape index (κ2) is 5.53. The molecule has 0 saturated heterocycles. The molecule has 0 saturated carbocycles. The predicted molar refractivity (Wildman–Crippen MR) is 61.3 cm³/mol. The summed E-state index contributed by atoms with van der Waals surface area (Å²) in [6.07, 6.45) is 0. The second-order valence-corrected chi connectivity index (χ2v) is 3.25. The molecule has 1 amide bonds. The van der Waals surface area contributed by atoms with E-state index in [0.29, 0.717) is 0 Å². The third-order valence-corrected chi connectivity index (χ3v) is 1.97. The molecule has 94 valence electrons. The molecule has 0 aromatic heterocycles. The lowest BCUT2D eigenvalue weighted by Crippen LogP contribution is -2.21. The SMILES string of the molecule is CC(=NNC(=O)c1ccc([N+](=O)[O-])cc1)C(=O)O. The van der Waals surface area contributed by atoms with Gasteiger partial charge in [-0.05, 0) is 19.1 Å². The molecule has 2 N–H and O–H groups in total. The lowest BCUT2D eigenvalue weighted by molar-refractivity contribution is -0.384. The molecule has 8 nitrogen and oxygen atoms in total. The number of nitro benzene ring substituents is 1. The molecule has 18 heavy (non-hydrogen) atoms. The first kappa shape index (κ1) is 13.3. The Morgan fingerprint density at radius 1 is 1.33 bits per heavy atom. The van der Waals surface area contributed by atoms with Gasteiger partial charge in [0.2, 0.25) is 0 Å². The Kier molecular flexibility index (Phi) is 4.08. The third-order valence-electron chi connectivity index (χ3n) is 1.97. The third kappa shape index (κ3) is 3.37. The average Bonchev–Trinajstić information content (AvgIpc) is 2.35. The molecule has 1 aromatic carbocycles. The molecule has 1 rings (SSSR count). The zero-order chi connectivity index (χ0) is 13.7. The van der Waals surface area contributed by atoms with E-state index in [1.54, 1.807) is 0 Å². The second-order valence-electron chi connectivity index (χ2n) is 3.25. The zero-order valence-corrected chi connectivity index (χ0v) is 9.28. The van der Waals surface area contributed by atoms with E-state index >= 15 is 0 Å². The van der Waals surface area contributed by atoms with Crippen LogP contribution in [0.25, 0.3) is 0 Å². The molecule has 0 unspecified atom stereocenters. The Balaban J connectivity index is 2.76. The first-order valence-corrected chi connectivity index (χ1v) is 4.74. The van der Waals surface area contributed by atoms with Gasteiger partial charge in [0.25, 0.3) is 11.6 Å². The number of hydrogen-bond acceptors (Lipinski definition) is 5. The Morgan fingerprint density at radius 2 is 1.89 bits per heavy atom. The van der Waals surface area contributed by atoms with Crippen LogP contribution in [0.15, 0.2) is 29.4 Å². The van der Waals surface area contributed by atoms with Crippen LogP contribution < -0.4 is 5.43 Å². The summed E-state index contributed by atoms with van der Waals surface area (Å²) < 4.78 is 0. The number of aliphatic carboxylic acids is 1. The van der Waals surface area contributed by atoms with E-state index in [0.717, 1.165) is 0 Å². The molecule has 0 fully saturated rings. The first-order valence-electron chi connectivity index (χ1n) is 4.74. The van der Waals surface area contributed by atoms with Crippen molar-refractivity contribution in [2.24, 2.45) is 5.10 Å². The van der Waals surface area contributed by atoms with Gasteiger partial charge in [-0.2, -0.15) is 5.10 Å². The van der Waals surface area contributed by atoms with E-state index in [9.17, 15) is 19.7 Å². The Morgan fingerprint density at radius 3 is 2.33 bits per heavy atom. The Bertz CT molecular complexity index is 521. The van der Waals surface area contributed by atoms with Crippen LogP contribution >= 0.6 is 0 Å². The minimum Gasteiger partial charge on any atom is -0.477 e. The van der Waals surface area contributed by atoms with Crippen molar-refractivity contribution in [3.63, 3.8) is 0 Å².